The van der Waals surface area contributed by atoms with Crippen LogP contribution in [0.1, 0.15) is 25.2 Å². The molecule has 18 heavy (non-hydrogen) atoms. The highest BCUT2D eigenvalue weighted by molar-refractivity contribution is 9.10. The van der Waals surface area contributed by atoms with Gasteiger partial charge in [-0.1, -0.05) is 6.92 Å². The van der Waals surface area contributed by atoms with Crippen molar-refractivity contribution < 1.29 is 10.2 Å². The topological polar surface area (TPSA) is 61.5 Å². The van der Waals surface area contributed by atoms with Gasteiger partial charge in [-0.2, -0.15) is 5.10 Å². The first-order valence-electron chi connectivity index (χ1n) is 6.35. The van der Waals surface area contributed by atoms with Crippen LogP contribution in [0.3, 0.4) is 0 Å². The third kappa shape index (κ3) is 3.78. The molecule has 0 radical (unpaired) electrons. The smallest absolute Gasteiger partial charge is 0.0767 e. The van der Waals surface area contributed by atoms with Crippen LogP contribution < -0.4 is 0 Å². The summed E-state index contributed by atoms with van der Waals surface area (Å²) >= 11 is 3.60. The summed E-state index contributed by atoms with van der Waals surface area (Å²) in [5.41, 5.74) is 2.16. The third-order valence-electron chi connectivity index (χ3n) is 2.90. The first kappa shape index (κ1) is 15.6. The third-order valence-corrected chi connectivity index (χ3v) is 3.82. The normalized spacial score (nSPS) is 11.4. The Balaban J connectivity index is 2.89. The number of aliphatic hydroxyl groups is 2. The van der Waals surface area contributed by atoms with Gasteiger partial charge < -0.3 is 10.2 Å². The number of rotatable bonds is 8. The second-order valence-electron chi connectivity index (χ2n) is 4.10. The summed E-state index contributed by atoms with van der Waals surface area (Å²) in [6.07, 6.45) is 0.889. The van der Waals surface area contributed by atoms with Gasteiger partial charge in [0, 0.05) is 26.2 Å². The van der Waals surface area contributed by atoms with E-state index in [1.807, 2.05) is 9.58 Å². The maximum absolute atomic E-state index is 9.03. The van der Waals surface area contributed by atoms with Gasteiger partial charge in [-0.25, -0.2) is 0 Å². The van der Waals surface area contributed by atoms with Crippen LogP contribution >= 0.6 is 15.9 Å². The molecular weight excluding hydrogens is 298 g/mol. The molecule has 5 nitrogen and oxygen atoms in total. The van der Waals surface area contributed by atoms with Crippen LogP contribution in [0.2, 0.25) is 0 Å². The summed E-state index contributed by atoms with van der Waals surface area (Å²) in [6.45, 7) is 6.95. The summed E-state index contributed by atoms with van der Waals surface area (Å²) in [5.74, 6) is 0. The average molecular weight is 320 g/mol. The van der Waals surface area contributed by atoms with Crippen molar-refractivity contribution >= 4 is 15.9 Å². The number of aromatic nitrogens is 2. The molecule has 1 heterocycles. The van der Waals surface area contributed by atoms with Crippen LogP contribution in [0.25, 0.3) is 0 Å². The van der Waals surface area contributed by atoms with Crippen molar-refractivity contribution in [2.75, 3.05) is 26.3 Å². The van der Waals surface area contributed by atoms with Gasteiger partial charge in [0.2, 0.25) is 0 Å². The van der Waals surface area contributed by atoms with E-state index in [2.05, 4.69) is 34.9 Å². The minimum absolute atomic E-state index is 0.0958. The summed E-state index contributed by atoms with van der Waals surface area (Å²) in [4.78, 5) is 2.02. The molecule has 0 aromatic carbocycles. The van der Waals surface area contributed by atoms with Gasteiger partial charge >= 0.3 is 0 Å². The van der Waals surface area contributed by atoms with Gasteiger partial charge in [0.1, 0.15) is 0 Å². The van der Waals surface area contributed by atoms with E-state index in [1.54, 1.807) is 0 Å². The highest BCUT2D eigenvalue weighted by Gasteiger charge is 2.16. The Bertz CT molecular complexity index is 362. The average Bonchev–Trinajstić information content (AvgIpc) is 2.67. The lowest BCUT2D eigenvalue weighted by Crippen LogP contribution is -2.30. The van der Waals surface area contributed by atoms with Crippen molar-refractivity contribution in [3.05, 3.63) is 15.9 Å². The van der Waals surface area contributed by atoms with E-state index < -0.39 is 0 Å². The molecule has 0 spiro atoms. The Morgan fingerprint density at radius 1 is 1.22 bits per heavy atom. The molecular formula is C12H22BrN3O2. The Morgan fingerprint density at radius 3 is 2.28 bits per heavy atom. The summed E-state index contributed by atoms with van der Waals surface area (Å²) in [7, 11) is 0. The fourth-order valence-corrected chi connectivity index (χ4v) is 2.62. The maximum Gasteiger partial charge on any atom is 0.0767 e. The van der Waals surface area contributed by atoms with Crippen molar-refractivity contribution in [2.45, 2.75) is 33.4 Å². The molecule has 1 aromatic rings. The second kappa shape index (κ2) is 7.89. The zero-order valence-corrected chi connectivity index (χ0v) is 12.6. The van der Waals surface area contributed by atoms with Crippen LogP contribution in [-0.2, 0) is 19.5 Å². The number of aliphatic hydroxyl groups excluding tert-OH is 2. The van der Waals surface area contributed by atoms with Gasteiger partial charge in [0.05, 0.1) is 29.1 Å². The van der Waals surface area contributed by atoms with Crippen molar-refractivity contribution in [1.29, 1.82) is 0 Å². The lowest BCUT2D eigenvalue weighted by molar-refractivity contribution is 0.153. The van der Waals surface area contributed by atoms with Crippen molar-refractivity contribution in [3.63, 3.8) is 0 Å². The van der Waals surface area contributed by atoms with Crippen molar-refractivity contribution in [1.82, 2.24) is 14.7 Å². The van der Waals surface area contributed by atoms with Crippen molar-refractivity contribution in [3.8, 4) is 0 Å². The monoisotopic (exact) mass is 319 g/mol. The molecule has 6 heteroatoms. The first-order chi connectivity index (χ1) is 8.67. The first-order valence-corrected chi connectivity index (χ1v) is 7.15. The predicted molar refractivity (Wildman–Crippen MR) is 74.4 cm³/mol. The fraction of sp³-hybridized carbons (Fsp3) is 0.750. The number of hydrogen-bond acceptors (Lipinski definition) is 4. The zero-order valence-electron chi connectivity index (χ0n) is 11.1. The lowest BCUT2D eigenvalue weighted by atomic mass is 10.3. The van der Waals surface area contributed by atoms with Gasteiger partial charge in [-0.3, -0.25) is 9.58 Å². The highest BCUT2D eigenvalue weighted by Crippen LogP contribution is 2.23. The predicted octanol–water partition coefficient (Wildman–Crippen LogP) is 1.01. The van der Waals surface area contributed by atoms with Gasteiger partial charge in [0.25, 0.3) is 0 Å². The van der Waals surface area contributed by atoms with Gasteiger partial charge in [-0.15, -0.1) is 0 Å². The van der Waals surface area contributed by atoms with Crippen LogP contribution in [0.4, 0.5) is 0 Å². The summed E-state index contributed by atoms with van der Waals surface area (Å²) in [5, 5.41) is 22.6. The van der Waals surface area contributed by atoms with E-state index in [4.69, 9.17) is 10.2 Å². The van der Waals surface area contributed by atoms with E-state index in [0.29, 0.717) is 19.6 Å². The summed E-state index contributed by atoms with van der Waals surface area (Å²) < 4.78 is 3.03. The standard InChI is InChI=1S/C12H22BrN3O2/c1-3-10-12(13)11(16(4-2)14-10)9-15(5-7-17)6-8-18/h17-18H,3-9H2,1-2H3. The number of hydrogen-bond donors (Lipinski definition) is 2. The van der Waals surface area contributed by atoms with E-state index in [1.165, 1.54) is 0 Å². The van der Waals surface area contributed by atoms with E-state index >= 15 is 0 Å². The van der Waals surface area contributed by atoms with Crippen LogP contribution in [0.5, 0.6) is 0 Å². The molecule has 104 valence electrons. The van der Waals surface area contributed by atoms with Crippen LogP contribution in [0.15, 0.2) is 4.47 Å². The SMILES string of the molecule is CCc1nn(CC)c(CN(CCO)CCO)c1Br. The Hall–Kier alpha value is -0.430. The molecule has 0 amide bonds. The molecule has 0 aliphatic rings. The van der Waals surface area contributed by atoms with Crippen LogP contribution in [-0.4, -0.2) is 51.2 Å². The molecule has 1 rings (SSSR count). The molecule has 0 bridgehead atoms. The maximum atomic E-state index is 9.03. The van der Waals surface area contributed by atoms with E-state index in [0.717, 1.165) is 28.8 Å². The number of aryl methyl sites for hydroxylation is 2. The molecule has 0 unspecified atom stereocenters. The van der Waals surface area contributed by atoms with E-state index in [9.17, 15) is 0 Å². The lowest BCUT2D eigenvalue weighted by Gasteiger charge is -2.20. The second-order valence-corrected chi connectivity index (χ2v) is 4.89. The quantitative estimate of drug-likeness (QED) is 0.751. The van der Waals surface area contributed by atoms with Crippen molar-refractivity contribution in [2.24, 2.45) is 0 Å². The van der Waals surface area contributed by atoms with E-state index in [-0.39, 0.29) is 13.2 Å². The molecule has 0 saturated carbocycles. The molecule has 0 atom stereocenters. The van der Waals surface area contributed by atoms with Crippen LogP contribution in [0, 0.1) is 0 Å². The minimum atomic E-state index is 0.0958. The number of nitrogens with zero attached hydrogens (tertiary/aromatic N) is 3. The zero-order chi connectivity index (χ0) is 13.5. The molecule has 1 aromatic heterocycles. The number of halogens is 1. The largest absolute Gasteiger partial charge is 0.395 e. The summed E-state index contributed by atoms with van der Waals surface area (Å²) in [6, 6.07) is 0. The molecule has 0 aliphatic carbocycles. The minimum Gasteiger partial charge on any atom is -0.395 e. The van der Waals surface area contributed by atoms with Gasteiger partial charge in [0.15, 0.2) is 0 Å². The highest BCUT2D eigenvalue weighted by atomic mass is 79.9. The Labute approximate surface area is 117 Å². The molecule has 0 saturated heterocycles. The fourth-order valence-electron chi connectivity index (χ4n) is 1.93. The molecule has 0 fully saturated rings. The van der Waals surface area contributed by atoms with Gasteiger partial charge in [-0.05, 0) is 29.3 Å². The Morgan fingerprint density at radius 2 is 1.83 bits per heavy atom. The molecule has 0 aliphatic heterocycles. The molecule has 2 N–H and O–H groups in total. The Kier molecular flexibility index (Phi) is 6.85.